The van der Waals surface area contributed by atoms with Gasteiger partial charge in [-0.05, 0) is 30.8 Å². The maximum atomic E-state index is 13.5. The molecule has 28 heavy (non-hydrogen) atoms. The summed E-state index contributed by atoms with van der Waals surface area (Å²) in [6.07, 6.45) is 16.0. The SMILES string of the molecule is CC1([C@@]2(C(=O)Nc3nccs3)C[C@H]2C2CCCCC2)C=CC(S(C)(=O)=O)=CC1. The Labute approximate surface area is 171 Å². The number of nitrogens with zero attached hydrogens (tertiary/aromatic N) is 1. The summed E-state index contributed by atoms with van der Waals surface area (Å²) in [4.78, 5) is 18.1. The van der Waals surface area contributed by atoms with E-state index in [1.54, 1.807) is 18.3 Å². The summed E-state index contributed by atoms with van der Waals surface area (Å²) in [6.45, 7) is 2.11. The lowest BCUT2D eigenvalue weighted by Gasteiger charge is -2.38. The molecule has 3 aliphatic carbocycles. The number of thiazole rings is 1. The van der Waals surface area contributed by atoms with Crippen LogP contribution in [0.2, 0.25) is 0 Å². The fourth-order valence-corrected chi connectivity index (χ4v) is 6.61. The molecule has 0 bridgehead atoms. The molecule has 1 aromatic heterocycles. The van der Waals surface area contributed by atoms with Gasteiger partial charge in [0.05, 0.1) is 10.3 Å². The molecule has 0 spiro atoms. The van der Waals surface area contributed by atoms with Crippen molar-refractivity contribution < 1.29 is 13.2 Å². The van der Waals surface area contributed by atoms with Gasteiger partial charge in [-0.1, -0.05) is 51.2 Å². The van der Waals surface area contributed by atoms with Crippen LogP contribution in [0.15, 0.2) is 34.7 Å². The van der Waals surface area contributed by atoms with E-state index in [1.807, 2.05) is 11.5 Å². The van der Waals surface area contributed by atoms with E-state index < -0.39 is 15.3 Å². The van der Waals surface area contributed by atoms with Crippen LogP contribution >= 0.6 is 11.3 Å². The highest BCUT2D eigenvalue weighted by atomic mass is 32.2. The minimum Gasteiger partial charge on any atom is -0.301 e. The van der Waals surface area contributed by atoms with E-state index in [0.717, 1.165) is 6.42 Å². The van der Waals surface area contributed by atoms with Crippen molar-refractivity contribution in [1.82, 2.24) is 4.98 Å². The molecule has 1 heterocycles. The summed E-state index contributed by atoms with van der Waals surface area (Å²) in [5.74, 6) is 0.985. The molecule has 0 radical (unpaired) electrons. The molecule has 152 valence electrons. The predicted molar refractivity (Wildman–Crippen MR) is 113 cm³/mol. The van der Waals surface area contributed by atoms with Crippen molar-refractivity contribution in [3.05, 3.63) is 34.7 Å². The minimum atomic E-state index is -3.23. The Morgan fingerprint density at radius 2 is 2.04 bits per heavy atom. The third-order valence-corrected chi connectivity index (χ3v) is 8.93. The first-order valence-corrected chi connectivity index (χ1v) is 12.8. The van der Waals surface area contributed by atoms with Gasteiger partial charge in [0.25, 0.3) is 0 Å². The second-order valence-corrected chi connectivity index (χ2v) is 11.7. The molecule has 5 nitrogen and oxygen atoms in total. The van der Waals surface area contributed by atoms with Crippen molar-refractivity contribution in [2.45, 2.75) is 51.9 Å². The quantitative estimate of drug-likeness (QED) is 0.757. The number of hydrogen-bond acceptors (Lipinski definition) is 5. The first-order valence-electron chi connectivity index (χ1n) is 10.1. The lowest BCUT2D eigenvalue weighted by molar-refractivity contribution is -0.125. The number of allylic oxidation sites excluding steroid dienone is 3. The maximum Gasteiger partial charge on any atom is 0.233 e. The number of nitrogens with one attached hydrogen (secondary N) is 1. The highest BCUT2D eigenvalue weighted by Gasteiger charge is 2.69. The van der Waals surface area contributed by atoms with Crippen molar-refractivity contribution >= 4 is 32.2 Å². The standard InChI is InChI=1S/C21H28N2O3S2/c1-20(10-8-16(9-11-20)28(2,25)26)21(18(24)23-19-22-12-13-27-19)14-17(21)15-6-4-3-5-7-15/h8-10,12-13,15,17H,3-7,11,14H2,1-2H3,(H,22,23,24)/t17-,20?,21-/m0/s1. The van der Waals surface area contributed by atoms with Crippen molar-refractivity contribution in [3.8, 4) is 0 Å². The number of carbonyl (C=O) groups excluding carboxylic acids is 1. The fourth-order valence-electron chi connectivity index (χ4n) is 5.39. The lowest BCUT2D eigenvalue weighted by atomic mass is 9.66. The lowest BCUT2D eigenvalue weighted by Crippen LogP contribution is -2.41. The van der Waals surface area contributed by atoms with Gasteiger partial charge < -0.3 is 5.32 Å². The van der Waals surface area contributed by atoms with Crippen LogP contribution in [0.1, 0.15) is 51.9 Å². The zero-order chi connectivity index (χ0) is 20.0. The zero-order valence-electron chi connectivity index (χ0n) is 16.5. The van der Waals surface area contributed by atoms with Gasteiger partial charge in [0.15, 0.2) is 15.0 Å². The van der Waals surface area contributed by atoms with Gasteiger partial charge in [-0.3, -0.25) is 4.79 Å². The molecular formula is C21H28N2O3S2. The van der Waals surface area contributed by atoms with Gasteiger partial charge in [-0.15, -0.1) is 11.3 Å². The van der Waals surface area contributed by atoms with Gasteiger partial charge in [0.2, 0.25) is 5.91 Å². The number of anilines is 1. The molecule has 1 amide bonds. The molecule has 1 aromatic rings. The van der Waals surface area contributed by atoms with Crippen LogP contribution < -0.4 is 5.32 Å². The van der Waals surface area contributed by atoms with Crippen LogP contribution in [0.25, 0.3) is 0 Å². The fraction of sp³-hybridized carbons (Fsp3) is 0.619. The summed E-state index contributed by atoms with van der Waals surface area (Å²) in [7, 11) is -3.23. The van der Waals surface area contributed by atoms with E-state index >= 15 is 0 Å². The molecule has 0 aromatic carbocycles. The number of aromatic nitrogens is 1. The van der Waals surface area contributed by atoms with E-state index in [0.29, 0.717) is 28.3 Å². The van der Waals surface area contributed by atoms with Crippen LogP contribution in [-0.4, -0.2) is 25.6 Å². The van der Waals surface area contributed by atoms with Crippen LogP contribution in [0.4, 0.5) is 5.13 Å². The van der Waals surface area contributed by atoms with Gasteiger partial charge in [-0.25, -0.2) is 13.4 Å². The second-order valence-electron chi connectivity index (χ2n) is 8.81. The monoisotopic (exact) mass is 420 g/mol. The van der Waals surface area contributed by atoms with Gasteiger partial charge in [0.1, 0.15) is 0 Å². The molecule has 0 saturated heterocycles. The molecule has 2 fully saturated rings. The zero-order valence-corrected chi connectivity index (χ0v) is 18.1. The summed E-state index contributed by atoms with van der Waals surface area (Å²) in [5.41, 5.74) is -0.874. The van der Waals surface area contributed by atoms with E-state index in [2.05, 4.69) is 17.2 Å². The largest absolute Gasteiger partial charge is 0.301 e. The smallest absolute Gasteiger partial charge is 0.233 e. The third-order valence-electron chi connectivity index (χ3n) is 7.08. The summed E-state index contributed by atoms with van der Waals surface area (Å²) < 4.78 is 23.8. The Balaban J connectivity index is 1.64. The first kappa shape index (κ1) is 19.8. The number of rotatable bonds is 5. The van der Waals surface area contributed by atoms with E-state index in [9.17, 15) is 13.2 Å². The second kappa shape index (κ2) is 7.10. The predicted octanol–water partition coefficient (Wildman–Crippen LogP) is 4.56. The van der Waals surface area contributed by atoms with E-state index in [4.69, 9.17) is 0 Å². The molecule has 2 saturated carbocycles. The van der Waals surface area contributed by atoms with E-state index in [-0.39, 0.29) is 11.3 Å². The Morgan fingerprint density at radius 3 is 2.61 bits per heavy atom. The Morgan fingerprint density at radius 1 is 1.29 bits per heavy atom. The maximum absolute atomic E-state index is 13.5. The number of hydrogen-bond donors (Lipinski definition) is 1. The van der Waals surface area contributed by atoms with Gasteiger partial charge in [-0.2, -0.15) is 0 Å². The highest BCUT2D eigenvalue weighted by Crippen LogP contribution is 2.70. The van der Waals surface area contributed by atoms with E-state index in [1.165, 1.54) is 49.7 Å². The van der Waals surface area contributed by atoms with Crippen LogP contribution in [-0.2, 0) is 14.6 Å². The Bertz CT molecular complexity index is 913. The normalized spacial score (nSPS) is 33.4. The molecule has 1 N–H and O–H groups in total. The molecular weight excluding hydrogens is 392 g/mol. The molecule has 4 rings (SSSR count). The van der Waals surface area contributed by atoms with Crippen LogP contribution in [0, 0.1) is 22.7 Å². The summed E-state index contributed by atoms with van der Waals surface area (Å²) in [5, 5.41) is 5.55. The average Bonchev–Trinajstić information content (AvgIpc) is 3.25. The molecule has 3 aliphatic rings. The first-order chi connectivity index (χ1) is 13.3. The van der Waals surface area contributed by atoms with Crippen LogP contribution in [0.3, 0.4) is 0 Å². The van der Waals surface area contributed by atoms with Crippen molar-refractivity contribution in [1.29, 1.82) is 0 Å². The average molecular weight is 421 g/mol. The number of sulfone groups is 1. The number of amides is 1. The number of carbonyl (C=O) groups is 1. The third kappa shape index (κ3) is 3.36. The topological polar surface area (TPSA) is 76.1 Å². The molecule has 0 aliphatic heterocycles. The molecule has 7 heteroatoms. The van der Waals surface area contributed by atoms with Crippen LogP contribution in [0.5, 0.6) is 0 Å². The molecule has 1 unspecified atom stereocenters. The van der Waals surface area contributed by atoms with Crippen molar-refractivity contribution in [2.75, 3.05) is 11.6 Å². The summed E-state index contributed by atoms with van der Waals surface area (Å²) in [6, 6.07) is 0. The van der Waals surface area contributed by atoms with Gasteiger partial charge in [0, 0.05) is 23.2 Å². The Hall–Kier alpha value is -1.47. The minimum absolute atomic E-state index is 0.0429. The van der Waals surface area contributed by atoms with Crippen molar-refractivity contribution in [2.24, 2.45) is 22.7 Å². The van der Waals surface area contributed by atoms with Gasteiger partial charge >= 0.3 is 0 Å². The highest BCUT2D eigenvalue weighted by molar-refractivity contribution is 7.94. The molecule has 3 atom stereocenters. The Kier molecular flexibility index (Phi) is 5.02. The van der Waals surface area contributed by atoms with Crippen molar-refractivity contribution in [3.63, 3.8) is 0 Å². The summed E-state index contributed by atoms with van der Waals surface area (Å²) >= 11 is 1.43.